The van der Waals surface area contributed by atoms with E-state index in [1.165, 1.54) is 17.1 Å². The first kappa shape index (κ1) is 16.3. The summed E-state index contributed by atoms with van der Waals surface area (Å²) in [6, 6.07) is 2.38. The van der Waals surface area contributed by atoms with Crippen LogP contribution in [-0.2, 0) is 23.6 Å². The van der Waals surface area contributed by atoms with Gasteiger partial charge in [-0.05, 0) is 25.3 Å². The summed E-state index contributed by atoms with van der Waals surface area (Å²) in [4.78, 5) is 0.368. The van der Waals surface area contributed by atoms with E-state index >= 15 is 0 Å². The summed E-state index contributed by atoms with van der Waals surface area (Å²) in [5, 5.41) is 3.41. The van der Waals surface area contributed by atoms with Crippen molar-refractivity contribution >= 4 is 10.0 Å². The minimum Gasteiger partial charge on any atom is -0.352 e. The molecule has 1 aromatic rings. The monoisotopic (exact) mass is 311 g/mol. The molecule has 1 aliphatic carbocycles. The van der Waals surface area contributed by atoms with Crippen LogP contribution >= 0.6 is 0 Å². The van der Waals surface area contributed by atoms with Crippen molar-refractivity contribution in [3.8, 4) is 0 Å². The zero-order chi connectivity index (χ0) is 15.5. The molecule has 0 aliphatic heterocycles. The van der Waals surface area contributed by atoms with Gasteiger partial charge in [-0.1, -0.05) is 13.0 Å². The Labute approximate surface area is 127 Å². The third-order valence-electron chi connectivity index (χ3n) is 3.68. The molecule has 0 amide bonds. The van der Waals surface area contributed by atoms with Crippen molar-refractivity contribution in [3.63, 3.8) is 0 Å². The average molecular weight is 311 g/mol. The normalized spacial score (nSPS) is 15.6. The fourth-order valence-corrected chi connectivity index (χ4v) is 3.88. The highest BCUT2D eigenvalue weighted by Crippen LogP contribution is 2.22. The average Bonchev–Trinajstić information content (AvgIpc) is 3.19. The molecular formula is C15H25N3O2S. The lowest BCUT2D eigenvalue weighted by atomic mass is 10.4. The maximum absolute atomic E-state index is 12.7. The van der Waals surface area contributed by atoms with E-state index in [2.05, 4.69) is 11.9 Å². The Bertz CT molecular complexity index is 588. The summed E-state index contributed by atoms with van der Waals surface area (Å²) in [6.45, 7) is 7.20. The third-order valence-corrected chi connectivity index (χ3v) is 5.51. The highest BCUT2D eigenvalue weighted by Gasteiger charge is 2.25. The van der Waals surface area contributed by atoms with Gasteiger partial charge in [-0.2, -0.15) is 4.31 Å². The molecule has 0 unspecified atom stereocenters. The van der Waals surface area contributed by atoms with Crippen molar-refractivity contribution < 1.29 is 8.42 Å². The van der Waals surface area contributed by atoms with E-state index in [1.54, 1.807) is 18.3 Å². The molecule has 0 bridgehead atoms. The predicted molar refractivity (Wildman–Crippen MR) is 84.5 cm³/mol. The van der Waals surface area contributed by atoms with Gasteiger partial charge in [-0.15, -0.1) is 6.58 Å². The second-order valence-corrected chi connectivity index (χ2v) is 7.52. The molecule has 0 atom stereocenters. The molecular weight excluding hydrogens is 286 g/mol. The molecule has 0 saturated heterocycles. The van der Waals surface area contributed by atoms with Crippen molar-refractivity contribution in [2.24, 2.45) is 7.05 Å². The van der Waals surface area contributed by atoms with Crippen molar-refractivity contribution in [3.05, 3.63) is 30.6 Å². The number of nitrogens with zero attached hydrogens (tertiary/aromatic N) is 2. The third kappa shape index (κ3) is 3.96. The first-order valence-electron chi connectivity index (χ1n) is 7.48. The van der Waals surface area contributed by atoms with Crippen LogP contribution in [0.3, 0.4) is 0 Å². The maximum Gasteiger partial charge on any atom is 0.244 e. The molecule has 0 aromatic carbocycles. The zero-order valence-corrected chi connectivity index (χ0v) is 13.7. The summed E-state index contributed by atoms with van der Waals surface area (Å²) in [5.41, 5.74) is 0.996. The lowest BCUT2D eigenvalue weighted by Gasteiger charge is -2.18. The Morgan fingerprint density at radius 1 is 1.52 bits per heavy atom. The Balaban J connectivity index is 2.17. The predicted octanol–water partition coefficient (Wildman–Crippen LogP) is 1.86. The topological polar surface area (TPSA) is 54.3 Å². The van der Waals surface area contributed by atoms with Gasteiger partial charge in [0.05, 0.1) is 0 Å². The SMILES string of the molecule is C=CCN(CCC)S(=O)(=O)c1cc(CNC2CC2)n(C)c1. The number of nitrogens with one attached hydrogen (secondary N) is 1. The van der Waals surface area contributed by atoms with Gasteiger partial charge < -0.3 is 9.88 Å². The van der Waals surface area contributed by atoms with Gasteiger partial charge in [0, 0.05) is 44.6 Å². The van der Waals surface area contributed by atoms with Gasteiger partial charge in [-0.25, -0.2) is 8.42 Å². The second-order valence-electron chi connectivity index (χ2n) is 5.58. The highest BCUT2D eigenvalue weighted by molar-refractivity contribution is 7.89. The summed E-state index contributed by atoms with van der Waals surface area (Å²) >= 11 is 0. The van der Waals surface area contributed by atoms with E-state index < -0.39 is 10.0 Å². The Hall–Kier alpha value is -1.11. The molecule has 21 heavy (non-hydrogen) atoms. The van der Waals surface area contributed by atoms with Crippen LogP contribution in [0.15, 0.2) is 29.8 Å². The van der Waals surface area contributed by atoms with E-state index in [1.807, 2.05) is 18.5 Å². The van der Waals surface area contributed by atoms with Gasteiger partial charge in [0.15, 0.2) is 0 Å². The van der Waals surface area contributed by atoms with Crippen molar-refractivity contribution in [2.75, 3.05) is 13.1 Å². The molecule has 0 radical (unpaired) electrons. The maximum atomic E-state index is 12.7. The Kier molecular flexibility index (Phi) is 5.24. The van der Waals surface area contributed by atoms with E-state index in [0.717, 1.165) is 12.1 Å². The van der Waals surface area contributed by atoms with Crippen LogP contribution in [0.1, 0.15) is 31.9 Å². The van der Waals surface area contributed by atoms with E-state index in [9.17, 15) is 8.42 Å². The van der Waals surface area contributed by atoms with Crippen molar-refractivity contribution in [2.45, 2.75) is 43.7 Å². The van der Waals surface area contributed by atoms with Crippen LogP contribution in [-0.4, -0.2) is 36.4 Å². The molecule has 1 aromatic heterocycles. The van der Waals surface area contributed by atoms with Gasteiger partial charge in [0.1, 0.15) is 4.90 Å². The first-order chi connectivity index (χ1) is 9.98. The highest BCUT2D eigenvalue weighted by atomic mass is 32.2. The minimum absolute atomic E-state index is 0.348. The standard InChI is InChI=1S/C15H25N3O2S/c1-4-8-18(9-5-2)21(19,20)15-10-14(17(3)12-15)11-16-13-6-7-13/h4,10,12-13,16H,1,5-9,11H2,2-3H3. The van der Waals surface area contributed by atoms with Crippen molar-refractivity contribution in [1.29, 1.82) is 0 Å². The van der Waals surface area contributed by atoms with Crippen LogP contribution in [0.25, 0.3) is 0 Å². The minimum atomic E-state index is -3.44. The molecule has 1 aliphatic rings. The van der Waals surface area contributed by atoms with Gasteiger partial charge in [-0.3, -0.25) is 0 Å². The van der Waals surface area contributed by atoms with Crippen LogP contribution in [0.4, 0.5) is 0 Å². The van der Waals surface area contributed by atoms with E-state index in [-0.39, 0.29) is 0 Å². The number of sulfonamides is 1. The molecule has 6 heteroatoms. The van der Waals surface area contributed by atoms with Gasteiger partial charge >= 0.3 is 0 Å². The fraction of sp³-hybridized carbons (Fsp3) is 0.600. The van der Waals surface area contributed by atoms with Crippen LogP contribution in [0, 0.1) is 0 Å². The molecule has 1 saturated carbocycles. The lowest BCUT2D eigenvalue weighted by molar-refractivity contribution is 0.441. The lowest BCUT2D eigenvalue weighted by Crippen LogP contribution is -2.31. The summed E-state index contributed by atoms with van der Waals surface area (Å²) in [7, 11) is -1.55. The molecule has 1 fully saturated rings. The number of hydrogen-bond donors (Lipinski definition) is 1. The largest absolute Gasteiger partial charge is 0.352 e. The summed E-state index contributed by atoms with van der Waals surface area (Å²) in [5.74, 6) is 0. The Morgan fingerprint density at radius 2 is 2.24 bits per heavy atom. The van der Waals surface area contributed by atoms with E-state index in [4.69, 9.17) is 0 Å². The molecule has 118 valence electrons. The van der Waals surface area contributed by atoms with E-state index in [0.29, 0.717) is 30.6 Å². The number of rotatable bonds is 9. The van der Waals surface area contributed by atoms with Crippen LogP contribution in [0.5, 0.6) is 0 Å². The zero-order valence-electron chi connectivity index (χ0n) is 12.9. The molecule has 1 heterocycles. The quantitative estimate of drug-likeness (QED) is 0.708. The fourth-order valence-electron chi connectivity index (χ4n) is 2.28. The van der Waals surface area contributed by atoms with Crippen molar-refractivity contribution in [1.82, 2.24) is 14.2 Å². The summed E-state index contributed by atoms with van der Waals surface area (Å²) < 4.78 is 28.7. The molecule has 1 N–H and O–H groups in total. The smallest absolute Gasteiger partial charge is 0.244 e. The number of aryl methyl sites for hydroxylation is 1. The first-order valence-corrected chi connectivity index (χ1v) is 8.92. The summed E-state index contributed by atoms with van der Waals surface area (Å²) in [6.07, 6.45) is 6.56. The van der Waals surface area contributed by atoms with Crippen LogP contribution < -0.4 is 5.32 Å². The Morgan fingerprint density at radius 3 is 2.81 bits per heavy atom. The molecule has 2 rings (SSSR count). The molecule has 0 spiro atoms. The van der Waals surface area contributed by atoms with Gasteiger partial charge in [0.25, 0.3) is 0 Å². The van der Waals surface area contributed by atoms with Crippen LogP contribution in [0.2, 0.25) is 0 Å². The van der Waals surface area contributed by atoms with Gasteiger partial charge in [0.2, 0.25) is 10.0 Å². The molecule has 5 nitrogen and oxygen atoms in total. The number of aromatic nitrogens is 1. The number of hydrogen-bond acceptors (Lipinski definition) is 3. The second kappa shape index (κ2) is 6.77.